The van der Waals surface area contributed by atoms with Crippen LogP contribution in [0.1, 0.15) is 52.8 Å². The molecule has 1 heterocycles. The molecule has 2 heteroatoms. The van der Waals surface area contributed by atoms with Gasteiger partial charge in [-0.05, 0) is 144 Å². The Hall–Kier alpha value is -9.08. The van der Waals surface area contributed by atoms with Crippen molar-refractivity contribution in [1.82, 2.24) is 0 Å². The Morgan fingerprint density at radius 3 is 1.74 bits per heavy atom. The predicted molar refractivity (Wildman–Crippen MR) is 326 cm³/mol. The zero-order valence-corrected chi connectivity index (χ0v) is 43.8. The second-order valence-electron chi connectivity index (χ2n) is 20.9. The van der Waals surface area contributed by atoms with Gasteiger partial charge in [-0.1, -0.05) is 244 Å². The van der Waals surface area contributed by atoms with Crippen LogP contribution in [0.3, 0.4) is 0 Å². The number of thiophene rings is 1. The fraction of sp³-hybridized carbons (Fsp3) is 0.0667. The van der Waals surface area contributed by atoms with Gasteiger partial charge in [0.2, 0.25) is 0 Å². The van der Waals surface area contributed by atoms with Gasteiger partial charge in [-0.3, -0.25) is 0 Å². The summed E-state index contributed by atoms with van der Waals surface area (Å²) in [5.74, 6) is 0.185. The van der Waals surface area contributed by atoms with Gasteiger partial charge in [-0.25, -0.2) is 0 Å². The molecule has 2 unspecified atom stereocenters. The molecule has 2 atom stereocenters. The Bertz CT molecular complexity index is 4340. The summed E-state index contributed by atoms with van der Waals surface area (Å²) in [6.45, 7) is 4.44. The highest BCUT2D eigenvalue weighted by atomic mass is 32.1. The van der Waals surface area contributed by atoms with Gasteiger partial charge < -0.3 is 4.90 Å². The van der Waals surface area contributed by atoms with E-state index in [9.17, 15) is 0 Å². The summed E-state index contributed by atoms with van der Waals surface area (Å²) in [6.07, 6.45) is 18.1. The lowest BCUT2D eigenvalue weighted by molar-refractivity contribution is 0.735. The monoisotopic (exact) mass is 999 g/mol. The van der Waals surface area contributed by atoms with Crippen molar-refractivity contribution in [3.8, 4) is 44.5 Å². The van der Waals surface area contributed by atoms with Crippen molar-refractivity contribution < 1.29 is 0 Å². The summed E-state index contributed by atoms with van der Waals surface area (Å²) < 4.78 is 2.59. The summed E-state index contributed by atoms with van der Waals surface area (Å²) in [5, 5.41) is 2.56. The molecular formula is C75H53NS. The molecule has 0 bridgehead atoms. The van der Waals surface area contributed by atoms with E-state index in [0.717, 1.165) is 17.1 Å². The maximum Gasteiger partial charge on any atom is 0.0726 e. The average Bonchev–Trinajstić information content (AvgIpc) is 4.21. The largest absolute Gasteiger partial charge is 0.310 e. The van der Waals surface area contributed by atoms with Gasteiger partial charge in [0.15, 0.2) is 0 Å². The molecule has 0 aliphatic heterocycles. The molecule has 1 nitrogen and oxygen atoms in total. The second kappa shape index (κ2) is 17.8. The van der Waals surface area contributed by atoms with Crippen LogP contribution in [0.25, 0.3) is 64.7 Å². The van der Waals surface area contributed by atoms with Gasteiger partial charge in [-0.2, -0.15) is 0 Å². The van der Waals surface area contributed by atoms with Crippen molar-refractivity contribution in [2.75, 3.05) is 4.90 Å². The number of hydrogen-bond acceptors (Lipinski definition) is 2. The smallest absolute Gasteiger partial charge is 0.0726 e. The van der Waals surface area contributed by atoms with E-state index in [1.165, 1.54) is 115 Å². The van der Waals surface area contributed by atoms with Crippen LogP contribution in [-0.2, 0) is 10.8 Å². The molecule has 364 valence electrons. The first-order valence-corrected chi connectivity index (χ1v) is 27.8. The minimum absolute atomic E-state index is 0.185. The summed E-state index contributed by atoms with van der Waals surface area (Å²) in [6, 6.07) is 87.4. The van der Waals surface area contributed by atoms with E-state index in [1.54, 1.807) is 0 Å². The third-order valence-electron chi connectivity index (χ3n) is 17.1. The maximum absolute atomic E-state index is 2.58. The molecule has 11 aromatic rings. The lowest BCUT2D eigenvalue weighted by atomic mass is 9.63. The quantitative estimate of drug-likeness (QED) is 0.137. The molecule has 0 radical (unpaired) electrons. The maximum atomic E-state index is 2.58. The van der Waals surface area contributed by atoms with Crippen LogP contribution in [0, 0.1) is 5.92 Å². The Morgan fingerprint density at radius 1 is 0.455 bits per heavy atom. The van der Waals surface area contributed by atoms with Crippen molar-refractivity contribution in [3.63, 3.8) is 0 Å². The number of benzene rings is 10. The molecule has 4 aliphatic carbocycles. The lowest BCUT2D eigenvalue weighted by Crippen LogP contribution is -2.31. The first-order valence-electron chi connectivity index (χ1n) is 27.0. The van der Waals surface area contributed by atoms with Crippen LogP contribution in [0.15, 0.2) is 290 Å². The summed E-state index contributed by atoms with van der Waals surface area (Å²) in [5.41, 5.74) is 24.0. The first kappa shape index (κ1) is 45.3. The van der Waals surface area contributed by atoms with E-state index < -0.39 is 10.8 Å². The number of allylic oxidation sites excluding steroid dienone is 10. The van der Waals surface area contributed by atoms with Crippen molar-refractivity contribution in [2.45, 2.75) is 24.7 Å². The number of rotatable bonds is 8. The molecular weight excluding hydrogens is 947 g/mol. The van der Waals surface area contributed by atoms with Gasteiger partial charge in [-0.15, -0.1) is 11.3 Å². The molecule has 4 aliphatic rings. The Labute approximate surface area is 455 Å². The zero-order chi connectivity index (χ0) is 51.2. The minimum Gasteiger partial charge on any atom is -0.310 e. The molecule has 1 aromatic heterocycles. The topological polar surface area (TPSA) is 3.24 Å². The van der Waals surface area contributed by atoms with E-state index in [2.05, 4.69) is 298 Å². The molecule has 0 saturated heterocycles. The highest BCUT2D eigenvalue weighted by Gasteiger charge is 2.53. The molecule has 1 spiro atoms. The van der Waals surface area contributed by atoms with Gasteiger partial charge in [0, 0.05) is 37.1 Å². The second-order valence-corrected chi connectivity index (χ2v) is 22.0. The van der Waals surface area contributed by atoms with Gasteiger partial charge in [0.05, 0.1) is 16.5 Å². The fourth-order valence-corrected chi connectivity index (χ4v) is 15.2. The fourth-order valence-electron chi connectivity index (χ4n) is 14.1. The molecule has 15 rings (SSSR count). The third-order valence-corrected chi connectivity index (χ3v) is 18.3. The highest BCUT2D eigenvalue weighted by molar-refractivity contribution is 7.25. The predicted octanol–water partition coefficient (Wildman–Crippen LogP) is 20.0. The molecule has 77 heavy (non-hydrogen) atoms. The van der Waals surface area contributed by atoms with Crippen LogP contribution in [0.2, 0.25) is 0 Å². The van der Waals surface area contributed by atoms with Gasteiger partial charge >= 0.3 is 0 Å². The Balaban J connectivity index is 1.04. The third kappa shape index (κ3) is 6.46. The van der Waals surface area contributed by atoms with Crippen molar-refractivity contribution in [2.24, 2.45) is 5.92 Å². The Morgan fingerprint density at radius 2 is 1.01 bits per heavy atom. The van der Waals surface area contributed by atoms with E-state index in [-0.39, 0.29) is 5.92 Å². The minimum atomic E-state index is -0.698. The summed E-state index contributed by atoms with van der Waals surface area (Å²) in [7, 11) is 0. The molecule has 0 amide bonds. The van der Waals surface area contributed by atoms with E-state index in [1.807, 2.05) is 11.3 Å². The van der Waals surface area contributed by atoms with Crippen molar-refractivity contribution in [3.05, 3.63) is 329 Å². The van der Waals surface area contributed by atoms with Crippen LogP contribution >= 0.6 is 11.3 Å². The van der Waals surface area contributed by atoms with Gasteiger partial charge in [0.25, 0.3) is 0 Å². The first-order chi connectivity index (χ1) is 38.1. The standard InChI is InChI=1S/C75H53NS/c1-3-4-6-34-62(53-27-10-9-24-49(53)2)74(63-35-17-11-28-54(63)50-25-7-5-8-26-50)66-38-20-14-31-57(66)60-47-51(43-45-68(60)74)76(52-44-46-72-61(48-52)58-32-16-22-42-71(58)77-72)70-41-23-40-69-73(70)59-33-15-21-39-67(59)75(69)64-36-18-12-29-55(64)56-30-13-19-37-65(56)75/h3-49H,1-2H3/b4-3-,34-6-,62-53-. The van der Waals surface area contributed by atoms with E-state index in [0.29, 0.717) is 0 Å². The lowest BCUT2D eigenvalue weighted by Gasteiger charge is -2.39. The number of fused-ring (bicyclic) bond motifs is 16. The Kier molecular flexibility index (Phi) is 10.5. The SMILES string of the molecule is C\C=C/C=C\C(=C1/C=CC=CC1C)C1(c2ccccc2-c2ccccc2)c2ccccc2-c2cc(N(c3ccc4sc5ccccc5c4c3)c3cccc4c3-c3ccccc3C43c4ccccc4-c4ccccc43)ccc21. The van der Waals surface area contributed by atoms with Crippen LogP contribution < -0.4 is 4.90 Å². The summed E-state index contributed by atoms with van der Waals surface area (Å²) >= 11 is 1.87. The van der Waals surface area contributed by atoms with Crippen molar-refractivity contribution in [1.29, 1.82) is 0 Å². The van der Waals surface area contributed by atoms with Crippen LogP contribution in [0.5, 0.6) is 0 Å². The number of anilines is 3. The summed E-state index contributed by atoms with van der Waals surface area (Å²) in [4.78, 5) is 2.58. The molecule has 0 fully saturated rings. The highest BCUT2D eigenvalue weighted by Crippen LogP contribution is 2.66. The normalized spacial score (nSPS) is 17.7. The van der Waals surface area contributed by atoms with E-state index >= 15 is 0 Å². The molecule has 0 saturated carbocycles. The average molecular weight is 1000 g/mol. The molecule has 0 N–H and O–H groups in total. The van der Waals surface area contributed by atoms with Crippen LogP contribution in [0.4, 0.5) is 17.1 Å². The van der Waals surface area contributed by atoms with E-state index in [4.69, 9.17) is 0 Å². The van der Waals surface area contributed by atoms with Crippen molar-refractivity contribution >= 4 is 48.6 Å². The number of hydrogen-bond donors (Lipinski definition) is 0. The van der Waals surface area contributed by atoms with Gasteiger partial charge in [0.1, 0.15) is 0 Å². The van der Waals surface area contributed by atoms with Crippen LogP contribution in [-0.4, -0.2) is 0 Å². The zero-order valence-electron chi connectivity index (χ0n) is 43.0. The molecule has 10 aromatic carbocycles. The number of nitrogens with zero attached hydrogens (tertiary/aromatic N) is 1.